The highest BCUT2D eigenvalue weighted by molar-refractivity contribution is 6.02. The number of carbonyl (C=O) groups is 3. The van der Waals surface area contributed by atoms with E-state index >= 15 is 0 Å². The Balaban J connectivity index is 4.34. The van der Waals surface area contributed by atoms with E-state index in [-0.39, 0.29) is 13.0 Å². The van der Waals surface area contributed by atoms with Crippen molar-refractivity contribution >= 4 is 17.8 Å². The van der Waals surface area contributed by atoms with E-state index in [9.17, 15) is 14.4 Å². The number of amides is 1. The molecule has 0 bridgehead atoms. The van der Waals surface area contributed by atoms with E-state index < -0.39 is 29.9 Å². The van der Waals surface area contributed by atoms with Gasteiger partial charge in [-0.25, -0.2) is 9.59 Å². The minimum atomic E-state index is -1.49. The van der Waals surface area contributed by atoms with Gasteiger partial charge in [-0.05, 0) is 13.3 Å². The Labute approximate surface area is 92.9 Å². The fourth-order valence-electron chi connectivity index (χ4n) is 0.939. The maximum Gasteiger partial charge on any atom is 0.332 e. The minimum Gasteiger partial charge on any atom is -0.480 e. The van der Waals surface area contributed by atoms with Crippen LogP contribution in [0, 0.1) is 0 Å². The van der Waals surface area contributed by atoms with E-state index in [0.29, 0.717) is 0 Å². The lowest BCUT2D eigenvalue weighted by Crippen LogP contribution is -2.51. The molecule has 0 aromatic rings. The van der Waals surface area contributed by atoms with Crippen molar-refractivity contribution in [2.45, 2.75) is 32.4 Å². The van der Waals surface area contributed by atoms with Crippen LogP contribution in [0.4, 0.5) is 0 Å². The summed E-state index contributed by atoms with van der Waals surface area (Å²) in [6, 6.07) is -2.54. The Hall–Kier alpha value is -1.63. The maximum absolute atomic E-state index is 11.3. The topological polar surface area (TPSA) is 119 Å². The van der Waals surface area contributed by atoms with Gasteiger partial charge in [0.05, 0.1) is 6.61 Å². The first kappa shape index (κ1) is 14.4. The van der Waals surface area contributed by atoms with Crippen LogP contribution in [0.1, 0.15) is 20.3 Å². The molecule has 4 N–H and O–H groups in total. The molecule has 0 heterocycles. The summed E-state index contributed by atoms with van der Waals surface area (Å²) in [5.41, 5.74) is 5.27. The van der Waals surface area contributed by atoms with Gasteiger partial charge in [0.2, 0.25) is 5.91 Å². The van der Waals surface area contributed by atoms with Gasteiger partial charge >= 0.3 is 11.9 Å². The van der Waals surface area contributed by atoms with Gasteiger partial charge in [0, 0.05) is 0 Å². The number of carboxylic acid groups (broad SMARTS) is 1. The molecule has 0 aromatic carbocycles. The molecule has 7 nitrogen and oxygen atoms in total. The van der Waals surface area contributed by atoms with Crippen LogP contribution >= 0.6 is 0 Å². The smallest absolute Gasteiger partial charge is 0.332 e. The highest BCUT2D eigenvalue weighted by atomic mass is 16.5. The van der Waals surface area contributed by atoms with Crippen molar-refractivity contribution in [3.05, 3.63) is 0 Å². The Morgan fingerprint density at radius 1 is 1.38 bits per heavy atom. The van der Waals surface area contributed by atoms with Crippen molar-refractivity contribution in [2.24, 2.45) is 5.73 Å². The van der Waals surface area contributed by atoms with Gasteiger partial charge in [0.1, 0.15) is 6.04 Å². The van der Waals surface area contributed by atoms with Crippen LogP contribution < -0.4 is 11.1 Å². The molecule has 7 heteroatoms. The van der Waals surface area contributed by atoms with Crippen LogP contribution in [0.25, 0.3) is 0 Å². The highest BCUT2D eigenvalue weighted by Crippen LogP contribution is 1.93. The summed E-state index contributed by atoms with van der Waals surface area (Å²) in [5, 5.41) is 10.8. The molecule has 0 radical (unpaired) electrons. The molecule has 0 saturated heterocycles. The summed E-state index contributed by atoms with van der Waals surface area (Å²) in [7, 11) is 0. The summed E-state index contributed by atoms with van der Waals surface area (Å²) >= 11 is 0. The van der Waals surface area contributed by atoms with Crippen molar-refractivity contribution in [3.8, 4) is 0 Å². The summed E-state index contributed by atoms with van der Waals surface area (Å²) in [6.45, 7) is 3.28. The van der Waals surface area contributed by atoms with E-state index in [1.54, 1.807) is 13.8 Å². The number of hydrogen-bond donors (Lipinski definition) is 3. The number of rotatable bonds is 6. The third-order valence-corrected chi connectivity index (χ3v) is 1.85. The lowest BCUT2D eigenvalue weighted by Gasteiger charge is -2.15. The second-order valence-electron chi connectivity index (χ2n) is 3.04. The van der Waals surface area contributed by atoms with E-state index in [2.05, 4.69) is 10.1 Å². The van der Waals surface area contributed by atoms with Crippen molar-refractivity contribution in [1.29, 1.82) is 0 Å². The first-order valence-corrected chi connectivity index (χ1v) is 4.89. The van der Waals surface area contributed by atoms with Gasteiger partial charge in [-0.1, -0.05) is 6.92 Å². The molecular weight excluding hydrogens is 216 g/mol. The molecule has 0 fully saturated rings. The fourth-order valence-corrected chi connectivity index (χ4v) is 0.939. The van der Waals surface area contributed by atoms with Gasteiger partial charge in [-0.2, -0.15) is 0 Å². The molecule has 0 aromatic heterocycles. The summed E-state index contributed by atoms with van der Waals surface area (Å²) in [5.74, 6) is -2.90. The lowest BCUT2D eigenvalue weighted by molar-refractivity contribution is -0.150. The van der Waals surface area contributed by atoms with Crippen LogP contribution in [0.5, 0.6) is 0 Å². The monoisotopic (exact) mass is 232 g/mol. The molecule has 2 atom stereocenters. The predicted octanol–water partition coefficient (Wildman–Crippen LogP) is -1.14. The van der Waals surface area contributed by atoms with E-state index in [1.165, 1.54) is 0 Å². The summed E-state index contributed by atoms with van der Waals surface area (Å²) in [6.07, 6.45) is 0.205. The number of nitrogens with one attached hydrogen (secondary N) is 1. The molecule has 0 spiro atoms. The van der Waals surface area contributed by atoms with Crippen LogP contribution in [-0.2, 0) is 19.1 Å². The number of aliphatic carboxylic acids is 1. The molecule has 16 heavy (non-hydrogen) atoms. The van der Waals surface area contributed by atoms with Crippen LogP contribution in [0.2, 0.25) is 0 Å². The number of carbonyl (C=O) groups excluding carboxylic acids is 2. The molecular formula is C9H16N2O5. The third kappa shape index (κ3) is 4.26. The number of ether oxygens (including phenoxy) is 1. The van der Waals surface area contributed by atoms with Crippen molar-refractivity contribution < 1.29 is 24.2 Å². The van der Waals surface area contributed by atoms with Gasteiger partial charge in [-0.3, -0.25) is 4.79 Å². The Kier molecular flexibility index (Phi) is 6.09. The van der Waals surface area contributed by atoms with Crippen LogP contribution in [0.3, 0.4) is 0 Å². The predicted molar refractivity (Wildman–Crippen MR) is 54.5 cm³/mol. The van der Waals surface area contributed by atoms with Gasteiger partial charge in [0.15, 0.2) is 6.04 Å². The van der Waals surface area contributed by atoms with Crippen LogP contribution in [0.15, 0.2) is 0 Å². The second kappa shape index (κ2) is 6.78. The number of esters is 1. The standard InChI is InChI=1S/C9H16N2O5/c1-3-5(8(13)14)11-7(12)6(10)9(15)16-4-2/h5-6H,3-4,10H2,1-2H3,(H,11,12)(H,13,14). The molecule has 0 saturated carbocycles. The average molecular weight is 232 g/mol. The Morgan fingerprint density at radius 3 is 2.31 bits per heavy atom. The maximum atomic E-state index is 11.3. The number of hydrogen-bond acceptors (Lipinski definition) is 5. The highest BCUT2D eigenvalue weighted by Gasteiger charge is 2.27. The first-order valence-electron chi connectivity index (χ1n) is 4.89. The van der Waals surface area contributed by atoms with Gasteiger partial charge in [0.25, 0.3) is 0 Å². The molecule has 0 aliphatic carbocycles. The molecule has 92 valence electrons. The zero-order valence-electron chi connectivity index (χ0n) is 9.23. The van der Waals surface area contributed by atoms with Crippen molar-refractivity contribution in [2.75, 3.05) is 6.61 Å². The zero-order chi connectivity index (χ0) is 12.7. The first-order chi connectivity index (χ1) is 7.43. The third-order valence-electron chi connectivity index (χ3n) is 1.85. The summed E-state index contributed by atoms with van der Waals surface area (Å²) in [4.78, 5) is 33.0. The van der Waals surface area contributed by atoms with Gasteiger partial charge in [-0.15, -0.1) is 0 Å². The largest absolute Gasteiger partial charge is 0.480 e. The van der Waals surface area contributed by atoms with E-state index in [1.807, 2.05) is 0 Å². The quantitative estimate of drug-likeness (QED) is 0.393. The fraction of sp³-hybridized carbons (Fsp3) is 0.667. The molecule has 0 aliphatic rings. The normalized spacial score (nSPS) is 13.7. The molecule has 0 aliphatic heterocycles. The minimum absolute atomic E-state index is 0.107. The SMILES string of the molecule is CCOC(=O)C(N)C(=O)NC(CC)C(=O)O. The zero-order valence-corrected chi connectivity index (χ0v) is 9.23. The van der Waals surface area contributed by atoms with Crippen molar-refractivity contribution in [1.82, 2.24) is 5.32 Å². The summed E-state index contributed by atoms with van der Waals surface area (Å²) < 4.78 is 4.53. The van der Waals surface area contributed by atoms with Gasteiger partial charge < -0.3 is 20.9 Å². The Morgan fingerprint density at radius 2 is 1.94 bits per heavy atom. The van der Waals surface area contributed by atoms with Crippen LogP contribution in [-0.4, -0.2) is 41.6 Å². The number of nitrogens with two attached hydrogens (primary N) is 1. The van der Waals surface area contributed by atoms with Crippen molar-refractivity contribution in [3.63, 3.8) is 0 Å². The lowest BCUT2D eigenvalue weighted by atomic mass is 10.2. The van der Waals surface area contributed by atoms with E-state index in [4.69, 9.17) is 10.8 Å². The Bertz CT molecular complexity index is 279. The van der Waals surface area contributed by atoms with E-state index in [0.717, 1.165) is 0 Å². The molecule has 0 rings (SSSR count). The molecule has 2 unspecified atom stereocenters. The second-order valence-corrected chi connectivity index (χ2v) is 3.04. The number of carboxylic acids is 1. The molecule has 1 amide bonds. The average Bonchev–Trinajstić information content (AvgIpc) is 2.24.